The van der Waals surface area contributed by atoms with Gasteiger partial charge in [0.1, 0.15) is 5.75 Å². The van der Waals surface area contributed by atoms with Crippen molar-refractivity contribution < 1.29 is 17.9 Å². The largest absolute Gasteiger partial charge is 0.428 e. The monoisotopic (exact) mass is 213 g/mol. The first-order valence-corrected chi connectivity index (χ1v) is 3.98. The first-order valence-electron chi connectivity index (χ1n) is 3.98. The van der Waals surface area contributed by atoms with Crippen molar-refractivity contribution in [3.8, 4) is 11.8 Å². The van der Waals surface area contributed by atoms with Crippen LogP contribution in [0.15, 0.2) is 36.4 Å². The number of nitrogens with zero attached hydrogens (tertiary/aromatic N) is 1. The SMILES string of the molecule is N#CCc1ccc(OC(F)=C(F)F)cc1. The van der Waals surface area contributed by atoms with Crippen LogP contribution in [0.3, 0.4) is 0 Å². The van der Waals surface area contributed by atoms with Crippen LogP contribution in [0.25, 0.3) is 0 Å². The van der Waals surface area contributed by atoms with Gasteiger partial charge in [-0.3, -0.25) is 0 Å². The predicted molar refractivity (Wildman–Crippen MR) is 46.7 cm³/mol. The average molecular weight is 213 g/mol. The minimum absolute atomic E-state index is 0.0398. The Morgan fingerprint density at radius 3 is 2.27 bits per heavy atom. The fourth-order valence-corrected chi connectivity index (χ4v) is 0.909. The molecular formula is C10H6F3NO. The topological polar surface area (TPSA) is 33.0 Å². The second kappa shape index (κ2) is 5.05. The number of halogens is 3. The molecule has 0 saturated heterocycles. The number of hydrogen-bond donors (Lipinski definition) is 0. The fraction of sp³-hybridized carbons (Fsp3) is 0.100. The van der Waals surface area contributed by atoms with Crippen molar-refractivity contribution in [2.45, 2.75) is 6.42 Å². The molecule has 0 fully saturated rings. The van der Waals surface area contributed by atoms with Gasteiger partial charge in [0.05, 0.1) is 12.5 Å². The first-order chi connectivity index (χ1) is 7.13. The molecular weight excluding hydrogens is 207 g/mol. The molecule has 1 rings (SSSR count). The molecule has 0 unspecified atom stereocenters. The van der Waals surface area contributed by atoms with Crippen molar-refractivity contribution in [3.05, 3.63) is 41.9 Å². The molecule has 0 spiro atoms. The van der Waals surface area contributed by atoms with Gasteiger partial charge in [-0.15, -0.1) is 0 Å². The van der Waals surface area contributed by atoms with E-state index in [4.69, 9.17) is 5.26 Å². The lowest BCUT2D eigenvalue weighted by Gasteiger charge is -2.01. The van der Waals surface area contributed by atoms with Gasteiger partial charge in [-0.1, -0.05) is 12.1 Å². The molecule has 0 aliphatic heterocycles. The lowest BCUT2D eigenvalue weighted by Crippen LogP contribution is -1.91. The Labute approximate surface area is 84.2 Å². The van der Waals surface area contributed by atoms with E-state index in [1.807, 2.05) is 6.07 Å². The normalized spacial score (nSPS) is 9.20. The summed E-state index contributed by atoms with van der Waals surface area (Å²) in [5.41, 5.74) is 0.704. The molecule has 1 aromatic rings. The molecule has 1 aromatic carbocycles. The predicted octanol–water partition coefficient (Wildman–Crippen LogP) is 3.17. The van der Waals surface area contributed by atoms with E-state index in [1.165, 1.54) is 24.3 Å². The van der Waals surface area contributed by atoms with Crippen molar-refractivity contribution in [1.29, 1.82) is 5.26 Å². The van der Waals surface area contributed by atoms with E-state index < -0.39 is 12.1 Å². The van der Waals surface area contributed by atoms with E-state index in [2.05, 4.69) is 4.74 Å². The number of rotatable bonds is 3. The minimum Gasteiger partial charge on any atom is -0.428 e. The fourth-order valence-electron chi connectivity index (χ4n) is 0.909. The summed E-state index contributed by atoms with van der Waals surface area (Å²) in [7, 11) is 0. The minimum atomic E-state index is -2.50. The molecule has 0 saturated carbocycles. The molecule has 15 heavy (non-hydrogen) atoms. The maximum absolute atomic E-state index is 12.3. The third-order valence-electron chi connectivity index (χ3n) is 1.56. The smallest absolute Gasteiger partial charge is 0.344 e. The molecule has 0 aromatic heterocycles. The van der Waals surface area contributed by atoms with E-state index in [0.29, 0.717) is 5.56 Å². The molecule has 0 amide bonds. The Hall–Kier alpha value is -1.96. The van der Waals surface area contributed by atoms with Crippen LogP contribution in [-0.2, 0) is 6.42 Å². The van der Waals surface area contributed by atoms with Gasteiger partial charge < -0.3 is 4.74 Å². The third-order valence-corrected chi connectivity index (χ3v) is 1.56. The number of hydrogen-bond acceptors (Lipinski definition) is 2. The Morgan fingerprint density at radius 1 is 1.20 bits per heavy atom. The van der Waals surface area contributed by atoms with Gasteiger partial charge in [-0.25, -0.2) is 0 Å². The highest BCUT2D eigenvalue weighted by Crippen LogP contribution is 2.18. The molecule has 0 bridgehead atoms. The molecule has 78 valence electrons. The lowest BCUT2D eigenvalue weighted by atomic mass is 10.2. The molecule has 0 aliphatic carbocycles. The van der Waals surface area contributed by atoms with E-state index in [1.54, 1.807) is 0 Å². The quantitative estimate of drug-likeness (QED) is 0.722. The van der Waals surface area contributed by atoms with Crippen molar-refractivity contribution in [1.82, 2.24) is 0 Å². The standard InChI is InChI=1S/C10H6F3NO/c11-9(12)10(13)15-8-3-1-7(2-4-8)5-6-14/h1-4H,5H2. The van der Waals surface area contributed by atoms with Gasteiger partial charge in [0.25, 0.3) is 0 Å². The molecule has 0 radical (unpaired) electrons. The van der Waals surface area contributed by atoms with E-state index in [0.717, 1.165) is 0 Å². The Balaban J connectivity index is 2.74. The zero-order valence-corrected chi connectivity index (χ0v) is 7.51. The highest BCUT2D eigenvalue weighted by molar-refractivity contribution is 5.29. The second-order valence-electron chi connectivity index (χ2n) is 2.62. The van der Waals surface area contributed by atoms with Crippen molar-refractivity contribution >= 4 is 0 Å². The second-order valence-corrected chi connectivity index (χ2v) is 2.62. The summed E-state index contributed by atoms with van der Waals surface area (Å²) in [6.07, 6.45) is -2.30. The summed E-state index contributed by atoms with van der Waals surface area (Å²) >= 11 is 0. The highest BCUT2D eigenvalue weighted by Gasteiger charge is 2.07. The van der Waals surface area contributed by atoms with Crippen LogP contribution >= 0.6 is 0 Å². The van der Waals surface area contributed by atoms with Gasteiger partial charge in [0.2, 0.25) is 0 Å². The first kappa shape index (κ1) is 11.1. The molecule has 5 heteroatoms. The number of ether oxygens (including phenoxy) is 1. The van der Waals surface area contributed by atoms with Crippen LogP contribution in [0.4, 0.5) is 13.2 Å². The van der Waals surface area contributed by atoms with Crippen LogP contribution in [-0.4, -0.2) is 0 Å². The van der Waals surface area contributed by atoms with Crippen LogP contribution in [0.1, 0.15) is 5.56 Å². The summed E-state index contributed by atoms with van der Waals surface area (Å²) in [5, 5.41) is 8.36. The van der Waals surface area contributed by atoms with E-state index in [9.17, 15) is 13.2 Å². The van der Waals surface area contributed by atoms with E-state index in [-0.39, 0.29) is 12.2 Å². The summed E-state index contributed by atoms with van der Waals surface area (Å²) in [6.45, 7) is 0. The van der Waals surface area contributed by atoms with Gasteiger partial charge in [-0.2, -0.15) is 18.4 Å². The number of benzene rings is 1. The van der Waals surface area contributed by atoms with Crippen LogP contribution in [0.5, 0.6) is 5.75 Å². The molecule has 0 aliphatic rings. The van der Waals surface area contributed by atoms with Gasteiger partial charge in [0.15, 0.2) is 0 Å². The van der Waals surface area contributed by atoms with Crippen molar-refractivity contribution in [2.75, 3.05) is 0 Å². The van der Waals surface area contributed by atoms with Gasteiger partial charge >= 0.3 is 12.1 Å². The maximum atomic E-state index is 12.3. The summed E-state index contributed by atoms with van der Waals surface area (Å²) in [6, 6.07) is 5.64. The van der Waals surface area contributed by atoms with Crippen LogP contribution in [0, 0.1) is 11.3 Å². The average Bonchev–Trinajstić information content (AvgIpc) is 2.21. The number of nitriles is 1. The molecule has 0 atom stereocenters. The van der Waals surface area contributed by atoms with Crippen LogP contribution in [0.2, 0.25) is 0 Å². The third kappa shape index (κ3) is 3.35. The maximum Gasteiger partial charge on any atom is 0.344 e. The van der Waals surface area contributed by atoms with E-state index >= 15 is 0 Å². The Kier molecular flexibility index (Phi) is 3.75. The lowest BCUT2D eigenvalue weighted by molar-refractivity contribution is 0.241. The Bertz CT molecular complexity index is 402. The van der Waals surface area contributed by atoms with Gasteiger partial charge in [0, 0.05) is 0 Å². The van der Waals surface area contributed by atoms with Crippen molar-refractivity contribution in [2.24, 2.45) is 0 Å². The summed E-state index contributed by atoms with van der Waals surface area (Å²) < 4.78 is 39.8. The summed E-state index contributed by atoms with van der Waals surface area (Å²) in [5.74, 6) is -0.0398. The Morgan fingerprint density at radius 2 is 1.80 bits per heavy atom. The zero-order chi connectivity index (χ0) is 11.3. The molecule has 0 heterocycles. The van der Waals surface area contributed by atoms with Gasteiger partial charge in [-0.05, 0) is 17.7 Å². The molecule has 0 N–H and O–H groups in total. The molecule has 2 nitrogen and oxygen atoms in total. The van der Waals surface area contributed by atoms with Crippen LogP contribution < -0.4 is 4.74 Å². The zero-order valence-electron chi connectivity index (χ0n) is 7.51. The summed E-state index contributed by atoms with van der Waals surface area (Å²) in [4.78, 5) is 0. The van der Waals surface area contributed by atoms with Crippen molar-refractivity contribution in [3.63, 3.8) is 0 Å². The highest BCUT2D eigenvalue weighted by atomic mass is 19.3.